The Kier molecular flexibility index (Phi) is 7.27. The highest BCUT2D eigenvalue weighted by atomic mass is 15.2. The monoisotopic (exact) mass is 509 g/mol. The standard InChI is InChI=1S/C31H39N7/c1-21(2)38-20-34-28-29(33-19-23-10-12-25(13-11-23)24-6-4-3-5-7-24)36-31(37-30(28)38)35-27-16-14-26(15-17-27)32-18-22-8-9-22/h3-7,10-13,20-22,26-27,32H,8-9,14-19H2,1-2H3,(H2,33,35,36,37). The number of imidazole rings is 1. The van der Waals surface area contributed by atoms with Crippen LogP contribution in [0.1, 0.15) is 64.0 Å². The number of hydrogen-bond acceptors (Lipinski definition) is 6. The van der Waals surface area contributed by atoms with Crippen molar-refractivity contribution in [3.63, 3.8) is 0 Å². The van der Waals surface area contributed by atoms with E-state index in [1.807, 2.05) is 12.4 Å². The summed E-state index contributed by atoms with van der Waals surface area (Å²) in [6.07, 6.45) is 9.40. The van der Waals surface area contributed by atoms with E-state index in [0.717, 1.165) is 35.7 Å². The van der Waals surface area contributed by atoms with Crippen LogP contribution in [-0.2, 0) is 6.54 Å². The van der Waals surface area contributed by atoms with E-state index >= 15 is 0 Å². The van der Waals surface area contributed by atoms with Gasteiger partial charge in [-0.2, -0.15) is 9.97 Å². The molecule has 4 aromatic rings. The second kappa shape index (κ2) is 11.1. The van der Waals surface area contributed by atoms with Gasteiger partial charge in [0, 0.05) is 24.7 Å². The van der Waals surface area contributed by atoms with Crippen LogP contribution in [0, 0.1) is 5.92 Å². The van der Waals surface area contributed by atoms with Gasteiger partial charge in [0.2, 0.25) is 5.95 Å². The smallest absolute Gasteiger partial charge is 0.227 e. The first-order valence-corrected chi connectivity index (χ1v) is 14.2. The first-order valence-electron chi connectivity index (χ1n) is 14.2. The van der Waals surface area contributed by atoms with Crippen molar-refractivity contribution in [2.24, 2.45) is 5.92 Å². The molecular weight excluding hydrogens is 470 g/mol. The molecule has 2 aliphatic carbocycles. The summed E-state index contributed by atoms with van der Waals surface area (Å²) in [5, 5.41) is 11.0. The number of nitrogens with zero attached hydrogens (tertiary/aromatic N) is 4. The molecular formula is C31H39N7. The van der Waals surface area contributed by atoms with E-state index in [-0.39, 0.29) is 6.04 Å². The highest BCUT2D eigenvalue weighted by molar-refractivity contribution is 5.84. The van der Waals surface area contributed by atoms with E-state index in [1.165, 1.54) is 48.9 Å². The Balaban J connectivity index is 1.15. The Bertz CT molecular complexity index is 1330. The summed E-state index contributed by atoms with van der Waals surface area (Å²) in [5.41, 5.74) is 5.34. The van der Waals surface area contributed by atoms with Crippen molar-refractivity contribution in [2.75, 3.05) is 17.2 Å². The molecule has 38 heavy (non-hydrogen) atoms. The first kappa shape index (κ1) is 24.9. The lowest BCUT2D eigenvalue weighted by atomic mass is 9.91. The number of anilines is 2. The Labute approximate surface area is 225 Å². The summed E-state index contributed by atoms with van der Waals surface area (Å²) in [5.74, 6) is 2.41. The second-order valence-electron chi connectivity index (χ2n) is 11.3. The van der Waals surface area contributed by atoms with Crippen LogP contribution in [0.15, 0.2) is 60.9 Å². The van der Waals surface area contributed by atoms with Gasteiger partial charge in [0.15, 0.2) is 17.0 Å². The molecule has 2 heterocycles. The van der Waals surface area contributed by atoms with Crippen LogP contribution < -0.4 is 16.0 Å². The fourth-order valence-electron chi connectivity index (χ4n) is 5.39. The van der Waals surface area contributed by atoms with Gasteiger partial charge in [-0.25, -0.2) is 4.98 Å². The van der Waals surface area contributed by atoms with Gasteiger partial charge >= 0.3 is 0 Å². The molecule has 7 heteroatoms. The second-order valence-corrected chi connectivity index (χ2v) is 11.3. The molecule has 0 bridgehead atoms. The van der Waals surface area contributed by atoms with Gasteiger partial charge < -0.3 is 20.5 Å². The van der Waals surface area contributed by atoms with Crippen molar-refractivity contribution in [1.82, 2.24) is 24.8 Å². The zero-order chi connectivity index (χ0) is 25.9. The molecule has 2 aromatic heterocycles. The molecule has 2 saturated carbocycles. The van der Waals surface area contributed by atoms with Crippen LogP contribution in [0.5, 0.6) is 0 Å². The summed E-state index contributed by atoms with van der Waals surface area (Å²) >= 11 is 0. The summed E-state index contributed by atoms with van der Waals surface area (Å²) in [7, 11) is 0. The molecule has 0 radical (unpaired) electrons. The van der Waals surface area contributed by atoms with E-state index < -0.39 is 0 Å². The minimum absolute atomic E-state index is 0.272. The van der Waals surface area contributed by atoms with Crippen molar-refractivity contribution < 1.29 is 0 Å². The highest BCUT2D eigenvalue weighted by Crippen LogP contribution is 2.30. The van der Waals surface area contributed by atoms with E-state index in [2.05, 4.69) is 87.9 Å². The van der Waals surface area contributed by atoms with Crippen LogP contribution in [0.2, 0.25) is 0 Å². The van der Waals surface area contributed by atoms with E-state index in [0.29, 0.717) is 24.6 Å². The van der Waals surface area contributed by atoms with Crippen molar-refractivity contribution in [3.05, 3.63) is 66.5 Å². The average Bonchev–Trinajstić information content (AvgIpc) is 3.68. The molecule has 7 nitrogen and oxygen atoms in total. The maximum Gasteiger partial charge on any atom is 0.227 e. The summed E-state index contributed by atoms with van der Waals surface area (Å²) < 4.78 is 2.13. The average molecular weight is 510 g/mol. The van der Waals surface area contributed by atoms with Gasteiger partial charge in [-0.05, 0) is 81.5 Å². The third-order valence-electron chi connectivity index (χ3n) is 7.95. The number of rotatable bonds is 10. The Morgan fingerprint density at radius 2 is 1.55 bits per heavy atom. The van der Waals surface area contributed by atoms with Gasteiger partial charge in [-0.3, -0.25) is 0 Å². The maximum atomic E-state index is 4.92. The fraction of sp³-hybridized carbons (Fsp3) is 0.452. The molecule has 2 aliphatic rings. The van der Waals surface area contributed by atoms with Crippen LogP contribution in [-0.4, -0.2) is 38.1 Å². The summed E-state index contributed by atoms with van der Waals surface area (Å²) in [6, 6.07) is 20.5. The van der Waals surface area contributed by atoms with Gasteiger partial charge in [0.25, 0.3) is 0 Å². The van der Waals surface area contributed by atoms with Crippen LogP contribution in [0.3, 0.4) is 0 Å². The lowest BCUT2D eigenvalue weighted by Gasteiger charge is -2.30. The molecule has 198 valence electrons. The number of hydrogen-bond donors (Lipinski definition) is 3. The maximum absolute atomic E-state index is 4.92. The fourth-order valence-corrected chi connectivity index (χ4v) is 5.39. The molecule has 0 aliphatic heterocycles. The predicted octanol–water partition coefficient (Wildman–Crippen LogP) is 6.41. The lowest BCUT2D eigenvalue weighted by Crippen LogP contribution is -2.38. The molecule has 0 unspecified atom stereocenters. The highest BCUT2D eigenvalue weighted by Gasteiger charge is 2.26. The van der Waals surface area contributed by atoms with Crippen molar-refractivity contribution >= 4 is 22.9 Å². The molecule has 0 spiro atoms. The van der Waals surface area contributed by atoms with Crippen molar-refractivity contribution in [1.29, 1.82) is 0 Å². The SMILES string of the molecule is CC(C)n1cnc2c(NCc3ccc(-c4ccccc4)cc3)nc(NC3CCC(NCC4CC4)CC3)nc21. The van der Waals surface area contributed by atoms with E-state index in [4.69, 9.17) is 9.97 Å². The largest absolute Gasteiger partial charge is 0.364 e. The Morgan fingerprint density at radius 1 is 0.842 bits per heavy atom. The van der Waals surface area contributed by atoms with Gasteiger partial charge in [-0.1, -0.05) is 54.6 Å². The Morgan fingerprint density at radius 3 is 2.26 bits per heavy atom. The van der Waals surface area contributed by atoms with Crippen LogP contribution in [0.25, 0.3) is 22.3 Å². The van der Waals surface area contributed by atoms with Gasteiger partial charge in [0.1, 0.15) is 0 Å². The first-order chi connectivity index (χ1) is 18.6. The van der Waals surface area contributed by atoms with Crippen molar-refractivity contribution in [2.45, 2.75) is 77.0 Å². The zero-order valence-corrected chi connectivity index (χ0v) is 22.5. The quantitative estimate of drug-likeness (QED) is 0.229. The number of nitrogens with one attached hydrogen (secondary N) is 3. The Hall–Kier alpha value is -3.45. The third kappa shape index (κ3) is 5.83. The minimum atomic E-state index is 0.272. The van der Waals surface area contributed by atoms with E-state index in [9.17, 15) is 0 Å². The molecule has 0 amide bonds. The molecule has 3 N–H and O–H groups in total. The van der Waals surface area contributed by atoms with Crippen molar-refractivity contribution in [3.8, 4) is 11.1 Å². The number of aromatic nitrogens is 4. The zero-order valence-electron chi connectivity index (χ0n) is 22.5. The number of benzene rings is 2. The molecule has 6 rings (SSSR count). The summed E-state index contributed by atoms with van der Waals surface area (Å²) in [6.45, 7) is 6.19. The molecule has 2 fully saturated rings. The van der Waals surface area contributed by atoms with Crippen LogP contribution >= 0.6 is 0 Å². The predicted molar refractivity (Wildman–Crippen MR) is 155 cm³/mol. The molecule has 0 atom stereocenters. The topological polar surface area (TPSA) is 79.7 Å². The summed E-state index contributed by atoms with van der Waals surface area (Å²) in [4.78, 5) is 14.5. The van der Waals surface area contributed by atoms with E-state index in [1.54, 1.807) is 0 Å². The van der Waals surface area contributed by atoms with Crippen LogP contribution in [0.4, 0.5) is 11.8 Å². The van der Waals surface area contributed by atoms with Gasteiger partial charge in [-0.15, -0.1) is 0 Å². The normalized spacial score (nSPS) is 19.7. The number of fused-ring (bicyclic) bond motifs is 1. The third-order valence-corrected chi connectivity index (χ3v) is 7.95. The molecule has 2 aromatic carbocycles. The minimum Gasteiger partial charge on any atom is -0.364 e. The lowest BCUT2D eigenvalue weighted by molar-refractivity contribution is 0.350. The van der Waals surface area contributed by atoms with Gasteiger partial charge in [0.05, 0.1) is 6.33 Å². The molecule has 0 saturated heterocycles.